The molecule has 1 aliphatic heterocycles. The van der Waals surface area contributed by atoms with E-state index in [4.69, 9.17) is 4.74 Å². The summed E-state index contributed by atoms with van der Waals surface area (Å²) in [6.45, 7) is 2.08. The molecule has 0 aromatic heterocycles. The Morgan fingerprint density at radius 3 is 2.61 bits per heavy atom. The van der Waals surface area contributed by atoms with E-state index in [0.717, 1.165) is 16.2 Å². The second-order valence-electron chi connectivity index (χ2n) is 5.06. The van der Waals surface area contributed by atoms with E-state index >= 15 is 0 Å². The first-order valence-electron chi connectivity index (χ1n) is 7.32. The number of hydrogen-bond donors (Lipinski definition) is 1. The van der Waals surface area contributed by atoms with Crippen molar-refractivity contribution >= 4 is 17.7 Å². The summed E-state index contributed by atoms with van der Waals surface area (Å²) < 4.78 is 5.50. The summed E-state index contributed by atoms with van der Waals surface area (Å²) in [7, 11) is 0. The average Bonchev–Trinajstić information content (AvgIpc) is 2.84. The fraction of sp³-hybridized carbons (Fsp3) is 0.353. The van der Waals surface area contributed by atoms with Gasteiger partial charge in [-0.2, -0.15) is 0 Å². The normalized spacial score (nSPS) is 13.5. The molecule has 6 heteroatoms. The van der Waals surface area contributed by atoms with Gasteiger partial charge in [0.15, 0.2) is 0 Å². The zero-order valence-corrected chi connectivity index (χ0v) is 12.9. The standard InChI is InChI=1S/C17H18N2O4/c1-13-6-2-3-7-14(13)23-11-5-4-10-18-15(20)12-19-16(21)8-9-17(19)22/h2-3,6-7H,8-12H2,1H3,(H,18,20). The van der Waals surface area contributed by atoms with Crippen molar-refractivity contribution < 1.29 is 19.1 Å². The summed E-state index contributed by atoms with van der Waals surface area (Å²) in [6, 6.07) is 7.63. The van der Waals surface area contributed by atoms with Crippen LogP contribution in [-0.2, 0) is 14.4 Å². The Labute approximate surface area is 134 Å². The first-order valence-corrected chi connectivity index (χ1v) is 7.32. The highest BCUT2D eigenvalue weighted by Crippen LogP contribution is 2.15. The number of imide groups is 1. The second-order valence-corrected chi connectivity index (χ2v) is 5.06. The Balaban J connectivity index is 1.67. The molecule has 1 N–H and O–H groups in total. The van der Waals surface area contributed by atoms with Crippen molar-refractivity contribution in [3.63, 3.8) is 0 Å². The summed E-state index contributed by atoms with van der Waals surface area (Å²) >= 11 is 0. The highest BCUT2D eigenvalue weighted by molar-refractivity contribution is 6.04. The molecule has 1 aromatic carbocycles. The number of aryl methyl sites for hydroxylation is 1. The Hall–Kier alpha value is -2.81. The number of ether oxygens (including phenoxy) is 1. The Kier molecular flexibility index (Phi) is 5.75. The lowest BCUT2D eigenvalue weighted by atomic mass is 10.2. The minimum Gasteiger partial charge on any atom is -0.481 e. The van der Waals surface area contributed by atoms with E-state index in [1.54, 1.807) is 0 Å². The molecule has 1 aliphatic rings. The molecule has 0 spiro atoms. The predicted octanol–water partition coefficient (Wildman–Crippen LogP) is 0.642. The van der Waals surface area contributed by atoms with Gasteiger partial charge in [0.25, 0.3) is 0 Å². The monoisotopic (exact) mass is 314 g/mol. The Bertz CT molecular complexity index is 657. The zero-order chi connectivity index (χ0) is 16.7. The quantitative estimate of drug-likeness (QED) is 0.639. The zero-order valence-electron chi connectivity index (χ0n) is 12.9. The van der Waals surface area contributed by atoms with Crippen molar-refractivity contribution in [3.8, 4) is 17.6 Å². The van der Waals surface area contributed by atoms with E-state index < -0.39 is 5.91 Å². The predicted molar refractivity (Wildman–Crippen MR) is 83.4 cm³/mol. The van der Waals surface area contributed by atoms with Crippen molar-refractivity contribution in [1.82, 2.24) is 10.2 Å². The molecule has 1 saturated heterocycles. The third kappa shape index (κ3) is 4.85. The fourth-order valence-corrected chi connectivity index (χ4v) is 2.09. The van der Waals surface area contributed by atoms with Crippen LogP contribution in [-0.4, -0.2) is 42.3 Å². The van der Waals surface area contributed by atoms with Crippen LogP contribution in [0.5, 0.6) is 5.75 Å². The molecule has 2 rings (SSSR count). The van der Waals surface area contributed by atoms with Crippen molar-refractivity contribution in [2.75, 3.05) is 19.7 Å². The maximum atomic E-state index is 11.6. The van der Waals surface area contributed by atoms with E-state index in [0.29, 0.717) is 0 Å². The van der Waals surface area contributed by atoms with Crippen LogP contribution in [0.3, 0.4) is 0 Å². The van der Waals surface area contributed by atoms with Gasteiger partial charge in [-0.25, -0.2) is 0 Å². The van der Waals surface area contributed by atoms with Crippen LogP contribution in [0.2, 0.25) is 0 Å². The molecule has 0 unspecified atom stereocenters. The number of likely N-dealkylation sites (tertiary alicyclic amines) is 1. The fourth-order valence-electron chi connectivity index (χ4n) is 2.09. The number of amides is 3. The van der Waals surface area contributed by atoms with Crippen LogP contribution >= 0.6 is 0 Å². The summed E-state index contributed by atoms with van der Waals surface area (Å²) in [5, 5.41) is 2.55. The average molecular weight is 314 g/mol. The lowest BCUT2D eigenvalue weighted by molar-refractivity contribution is -0.142. The Morgan fingerprint density at radius 1 is 1.22 bits per heavy atom. The van der Waals surface area contributed by atoms with E-state index in [9.17, 15) is 14.4 Å². The molecule has 0 atom stereocenters. The van der Waals surface area contributed by atoms with Gasteiger partial charge >= 0.3 is 0 Å². The van der Waals surface area contributed by atoms with Crippen LogP contribution in [0.4, 0.5) is 0 Å². The maximum absolute atomic E-state index is 11.6. The molecule has 23 heavy (non-hydrogen) atoms. The lowest BCUT2D eigenvalue weighted by Crippen LogP contribution is -2.40. The number of hydrogen-bond acceptors (Lipinski definition) is 4. The first-order chi connectivity index (χ1) is 11.1. The molecular weight excluding hydrogens is 296 g/mol. The number of rotatable bonds is 5. The van der Waals surface area contributed by atoms with Gasteiger partial charge in [0.1, 0.15) is 18.9 Å². The van der Waals surface area contributed by atoms with Gasteiger partial charge in [-0.1, -0.05) is 30.0 Å². The molecule has 1 heterocycles. The van der Waals surface area contributed by atoms with Crippen molar-refractivity contribution in [2.45, 2.75) is 19.8 Å². The molecule has 0 bridgehead atoms. The van der Waals surface area contributed by atoms with Gasteiger partial charge in [-0.15, -0.1) is 0 Å². The molecule has 0 aliphatic carbocycles. The van der Waals surface area contributed by atoms with E-state index in [1.807, 2.05) is 31.2 Å². The first kappa shape index (κ1) is 16.6. The molecule has 120 valence electrons. The number of carbonyl (C=O) groups is 3. The van der Waals surface area contributed by atoms with E-state index in [1.165, 1.54) is 0 Å². The minimum atomic E-state index is -0.400. The molecular formula is C17H18N2O4. The molecule has 3 amide bonds. The van der Waals surface area contributed by atoms with Crippen LogP contribution in [0.1, 0.15) is 18.4 Å². The lowest BCUT2D eigenvalue weighted by Gasteiger charge is -2.12. The van der Waals surface area contributed by atoms with E-state index in [-0.39, 0.29) is 44.4 Å². The summed E-state index contributed by atoms with van der Waals surface area (Å²) in [4.78, 5) is 35.4. The number of nitrogens with one attached hydrogen (secondary N) is 1. The van der Waals surface area contributed by atoms with Gasteiger partial charge in [-0.3, -0.25) is 19.3 Å². The second kappa shape index (κ2) is 7.99. The molecule has 0 saturated carbocycles. The number of nitrogens with zero attached hydrogens (tertiary/aromatic N) is 1. The van der Waals surface area contributed by atoms with Crippen molar-refractivity contribution in [1.29, 1.82) is 0 Å². The number of carbonyl (C=O) groups excluding carboxylic acids is 3. The van der Waals surface area contributed by atoms with Crippen molar-refractivity contribution in [2.24, 2.45) is 0 Å². The summed E-state index contributed by atoms with van der Waals surface area (Å²) in [6.07, 6.45) is 0.365. The van der Waals surface area contributed by atoms with Crippen LogP contribution in [0, 0.1) is 18.8 Å². The molecule has 1 fully saturated rings. The maximum Gasteiger partial charge on any atom is 0.240 e. The smallest absolute Gasteiger partial charge is 0.240 e. The van der Waals surface area contributed by atoms with Gasteiger partial charge in [0, 0.05) is 12.8 Å². The molecule has 1 aromatic rings. The van der Waals surface area contributed by atoms with E-state index in [2.05, 4.69) is 17.2 Å². The van der Waals surface area contributed by atoms with Gasteiger partial charge in [0.2, 0.25) is 17.7 Å². The topological polar surface area (TPSA) is 75.7 Å². The largest absolute Gasteiger partial charge is 0.481 e. The van der Waals surface area contributed by atoms with Crippen LogP contribution < -0.4 is 10.1 Å². The highest BCUT2D eigenvalue weighted by atomic mass is 16.5. The van der Waals surface area contributed by atoms with Crippen molar-refractivity contribution in [3.05, 3.63) is 29.8 Å². The molecule has 6 nitrogen and oxygen atoms in total. The SMILES string of the molecule is Cc1ccccc1OCC#CCNC(=O)CN1C(=O)CCC1=O. The van der Waals surface area contributed by atoms with Gasteiger partial charge in [0.05, 0.1) is 6.54 Å². The molecule has 0 radical (unpaired) electrons. The number of para-hydroxylation sites is 1. The Morgan fingerprint density at radius 2 is 1.91 bits per heavy atom. The highest BCUT2D eigenvalue weighted by Gasteiger charge is 2.30. The number of benzene rings is 1. The van der Waals surface area contributed by atoms with Gasteiger partial charge in [-0.05, 0) is 18.6 Å². The summed E-state index contributed by atoms with van der Waals surface area (Å²) in [5.41, 5.74) is 1.03. The summed E-state index contributed by atoms with van der Waals surface area (Å²) in [5.74, 6) is 5.32. The van der Waals surface area contributed by atoms with Gasteiger partial charge < -0.3 is 10.1 Å². The minimum absolute atomic E-state index is 0.145. The third-order valence-corrected chi connectivity index (χ3v) is 3.35. The third-order valence-electron chi connectivity index (χ3n) is 3.35. The van der Waals surface area contributed by atoms with Crippen LogP contribution in [0.15, 0.2) is 24.3 Å². The van der Waals surface area contributed by atoms with Crippen LogP contribution in [0.25, 0.3) is 0 Å².